The van der Waals surface area contributed by atoms with E-state index in [0.29, 0.717) is 23.4 Å². The molecule has 0 aromatic heterocycles. The molecule has 1 aromatic carbocycles. The minimum absolute atomic E-state index is 0.000929. The van der Waals surface area contributed by atoms with Crippen LogP contribution in [0.5, 0.6) is 0 Å². The summed E-state index contributed by atoms with van der Waals surface area (Å²) >= 11 is 1.44. The third-order valence-electron chi connectivity index (χ3n) is 6.83. The number of fused-ring (bicyclic) bond motifs is 1. The number of hydrogen-bond acceptors (Lipinski definition) is 11. The topological polar surface area (TPSA) is 272 Å². The molecule has 6 atom stereocenters. The first-order valence-electron chi connectivity index (χ1n) is 12.5. The number of aliphatic hydroxyl groups is 1. The molecule has 1 amide bonds. The normalized spacial score (nSPS) is 26.2. The van der Waals surface area contributed by atoms with E-state index >= 15 is 0 Å². The van der Waals surface area contributed by atoms with Gasteiger partial charge < -0.3 is 34.7 Å². The van der Waals surface area contributed by atoms with Crippen LogP contribution < -0.4 is 15.2 Å². The summed E-state index contributed by atoms with van der Waals surface area (Å²) in [6, 6.07) is 5.11. The van der Waals surface area contributed by atoms with Crippen LogP contribution in [0.15, 0.2) is 34.9 Å². The van der Waals surface area contributed by atoms with Gasteiger partial charge in [-0.05, 0) is 31.0 Å². The van der Waals surface area contributed by atoms with Crippen molar-refractivity contribution in [3.63, 3.8) is 0 Å². The molecule has 42 heavy (non-hydrogen) atoms. The number of aliphatic hydroxyl groups excluding tert-OH is 1. The number of benzene rings is 1. The van der Waals surface area contributed by atoms with E-state index in [1.54, 1.807) is 6.92 Å². The van der Waals surface area contributed by atoms with E-state index in [1.165, 1.54) is 40.9 Å². The van der Waals surface area contributed by atoms with Crippen molar-refractivity contribution >= 4 is 47.4 Å². The molecule has 2 fully saturated rings. The Bertz CT molecular complexity index is 1380. The predicted octanol–water partition coefficient (Wildman–Crippen LogP) is -0.965. The number of esters is 1. The number of rotatable bonds is 10. The van der Waals surface area contributed by atoms with Gasteiger partial charge >= 0.3 is 13.8 Å². The Kier molecular flexibility index (Phi) is 10.9. The van der Waals surface area contributed by atoms with Crippen molar-refractivity contribution in [1.29, 1.82) is 0 Å². The van der Waals surface area contributed by atoms with Crippen molar-refractivity contribution in [2.45, 2.75) is 50.3 Å². The number of thioether (sulfide) groups is 1. The van der Waals surface area contributed by atoms with E-state index in [1.807, 2.05) is 6.92 Å². The van der Waals surface area contributed by atoms with Gasteiger partial charge in [0.2, 0.25) is 5.91 Å². The van der Waals surface area contributed by atoms with Gasteiger partial charge in [-0.1, -0.05) is 6.92 Å². The number of nitrogens with two attached hydrogens (primary N) is 1. The van der Waals surface area contributed by atoms with Crippen molar-refractivity contribution in [1.82, 2.24) is 14.9 Å². The van der Waals surface area contributed by atoms with Crippen LogP contribution in [0.4, 0.5) is 5.69 Å². The van der Waals surface area contributed by atoms with Crippen LogP contribution in [-0.2, 0) is 35.7 Å². The lowest BCUT2D eigenvalue weighted by atomic mass is 9.79. The predicted molar refractivity (Wildman–Crippen MR) is 148 cm³/mol. The number of β-lactam (4-membered cyclic amide) rings is 1. The van der Waals surface area contributed by atoms with Crippen LogP contribution in [-0.4, -0.2) is 86.4 Å². The summed E-state index contributed by atoms with van der Waals surface area (Å²) in [5.41, 5.74) is 0.623. The summed E-state index contributed by atoms with van der Waals surface area (Å²) in [6.45, 7) is 4.01. The number of carbonyl (C=O) groups excluding carboxylic acids is 2. The Morgan fingerprint density at radius 3 is 2.45 bits per heavy atom. The number of nitro groups is 1. The first kappa shape index (κ1) is 34.0. The minimum atomic E-state index is -4.64. The summed E-state index contributed by atoms with van der Waals surface area (Å²) in [5.74, 6) is -1.87. The van der Waals surface area contributed by atoms with Gasteiger partial charge in [-0.3, -0.25) is 14.9 Å². The van der Waals surface area contributed by atoms with Gasteiger partial charge in [0.1, 0.15) is 12.3 Å². The molecular formula is C22H32N5O12PS2. The van der Waals surface area contributed by atoms with Crippen molar-refractivity contribution < 1.29 is 52.0 Å². The van der Waals surface area contributed by atoms with Crippen LogP contribution in [0, 0.1) is 22.0 Å². The van der Waals surface area contributed by atoms with E-state index in [-0.39, 0.29) is 53.7 Å². The second-order valence-corrected chi connectivity index (χ2v) is 13.7. The molecule has 0 spiro atoms. The number of nitrogens with zero attached hydrogens (tertiary/aromatic N) is 2. The number of nitro benzene ring substituents is 1. The monoisotopic (exact) mass is 653 g/mol. The molecule has 4 rings (SSSR count). The summed E-state index contributed by atoms with van der Waals surface area (Å²) in [7, 11) is -8.45. The fourth-order valence-electron chi connectivity index (χ4n) is 5.02. The maximum absolute atomic E-state index is 13.2. The quantitative estimate of drug-likeness (QED) is 0.0527. The molecule has 3 aliphatic heterocycles. The zero-order chi connectivity index (χ0) is 31.6. The lowest BCUT2D eigenvalue weighted by Crippen LogP contribution is -2.63. The second-order valence-electron chi connectivity index (χ2n) is 9.95. The van der Waals surface area contributed by atoms with E-state index in [9.17, 15) is 33.2 Å². The van der Waals surface area contributed by atoms with Crippen molar-refractivity contribution in [3.8, 4) is 0 Å². The van der Waals surface area contributed by atoms with Gasteiger partial charge in [0, 0.05) is 47.3 Å². The smallest absolute Gasteiger partial charge is 0.456 e. The highest BCUT2D eigenvalue weighted by molar-refractivity contribution is 8.03. The Balaban J connectivity index is 0.000000892. The Morgan fingerprint density at radius 1 is 1.33 bits per heavy atom. The van der Waals surface area contributed by atoms with Crippen LogP contribution in [0.1, 0.15) is 25.8 Å². The van der Waals surface area contributed by atoms with Crippen molar-refractivity contribution in [2.75, 3.05) is 13.1 Å². The number of phosphoric acid groups is 1. The average Bonchev–Trinajstić information content (AvgIpc) is 3.41. The highest BCUT2D eigenvalue weighted by Crippen LogP contribution is 2.52. The Morgan fingerprint density at radius 2 is 1.93 bits per heavy atom. The zero-order valence-corrected chi connectivity index (χ0v) is 24.9. The number of hydrogen-bond donors (Lipinski definition) is 7. The molecule has 3 aliphatic rings. The number of amides is 1. The molecule has 0 unspecified atom stereocenters. The first-order chi connectivity index (χ1) is 19.4. The molecule has 8 N–H and O–H groups in total. The van der Waals surface area contributed by atoms with Crippen LogP contribution in [0.2, 0.25) is 0 Å². The molecule has 0 radical (unpaired) electrons. The third-order valence-corrected chi connectivity index (χ3v) is 8.91. The molecular weight excluding hydrogens is 621 g/mol. The third kappa shape index (κ3) is 8.79. The number of nitrogens with one attached hydrogen (secondary N) is 2. The molecule has 234 valence electrons. The Hall–Kier alpha value is -2.45. The second kappa shape index (κ2) is 13.5. The van der Waals surface area contributed by atoms with E-state index in [4.69, 9.17) is 29.1 Å². The van der Waals surface area contributed by atoms with Gasteiger partial charge in [-0.2, -0.15) is 8.42 Å². The highest BCUT2D eigenvalue weighted by atomic mass is 32.2. The highest BCUT2D eigenvalue weighted by Gasteiger charge is 2.60. The van der Waals surface area contributed by atoms with E-state index in [0.717, 1.165) is 0 Å². The summed E-state index contributed by atoms with van der Waals surface area (Å²) in [5, 5.41) is 29.3. The lowest BCUT2D eigenvalue weighted by Gasteiger charge is -2.46. The largest absolute Gasteiger partial charge is 0.466 e. The molecule has 0 saturated carbocycles. The van der Waals surface area contributed by atoms with Crippen molar-refractivity contribution in [3.05, 3.63) is 50.5 Å². The maximum atomic E-state index is 13.2. The fraction of sp³-hybridized carbons (Fsp3) is 0.545. The standard InChI is InChI=1S/C22H29N5O8S2.H3O4P/c1-11-18-17(12(2)28)21(29)26(18)19(22(30)35-10-13-3-5-15(6-4-13)27(31)32)20(11)36-16-7-14(24-9-16)8-25-37(23,33)34;1-5(2,3)4/h3-6,11-12,14,16-18,24-25,28H,7-10H2,1-2H3,(H2,23,33,34);(H3,1,2,3,4)/t11-,12-,14+,16+,17-,18-;/m1./s1. The molecule has 0 bridgehead atoms. The number of ether oxygens (including phenoxy) is 1. The lowest BCUT2D eigenvalue weighted by molar-refractivity contribution is -0.384. The summed E-state index contributed by atoms with van der Waals surface area (Å²) in [4.78, 5) is 60.1. The SMILES string of the molecule is C[C@@H](O)[C@H]1C(=O)N2C(C(=O)OCc3ccc([N+](=O)[O-])cc3)=C(S[C@@H]3CN[C@H](CNS(N)(=O)=O)C3)[C@H](C)[C@H]12.O=P(O)(O)O. The first-order valence-corrected chi connectivity index (χ1v) is 16.5. The minimum Gasteiger partial charge on any atom is -0.456 e. The van der Waals surface area contributed by atoms with Gasteiger partial charge in [0.05, 0.1) is 23.0 Å². The maximum Gasteiger partial charge on any atom is 0.466 e. The van der Waals surface area contributed by atoms with Crippen LogP contribution in [0.25, 0.3) is 0 Å². The van der Waals surface area contributed by atoms with Gasteiger partial charge in [0.15, 0.2) is 0 Å². The Labute approximate surface area is 245 Å². The molecule has 2 saturated heterocycles. The number of non-ortho nitro benzene ring substituents is 1. The van der Waals surface area contributed by atoms with Gasteiger partial charge in [-0.25, -0.2) is 19.2 Å². The van der Waals surface area contributed by atoms with Gasteiger partial charge in [0.25, 0.3) is 15.9 Å². The van der Waals surface area contributed by atoms with Gasteiger partial charge in [-0.15, -0.1) is 11.8 Å². The van der Waals surface area contributed by atoms with Crippen LogP contribution >= 0.6 is 19.6 Å². The molecule has 3 heterocycles. The number of carbonyl (C=O) groups is 2. The molecule has 0 aliphatic carbocycles. The molecule has 20 heteroatoms. The average molecular weight is 654 g/mol. The zero-order valence-electron chi connectivity index (χ0n) is 22.4. The van der Waals surface area contributed by atoms with Crippen LogP contribution in [0.3, 0.4) is 0 Å². The summed E-state index contributed by atoms with van der Waals surface area (Å²) in [6.07, 6.45) is -0.271. The van der Waals surface area contributed by atoms with E-state index < -0.39 is 40.9 Å². The molecule has 1 aromatic rings. The summed E-state index contributed by atoms with van der Waals surface area (Å²) < 4.78 is 39.1. The van der Waals surface area contributed by atoms with E-state index in [2.05, 4.69) is 10.0 Å². The fourth-order valence-corrected chi connectivity index (χ4v) is 6.97. The molecule has 17 nitrogen and oxygen atoms in total. The van der Waals surface area contributed by atoms with Crippen molar-refractivity contribution in [2.24, 2.45) is 17.0 Å².